The van der Waals surface area contributed by atoms with Crippen molar-refractivity contribution in [3.63, 3.8) is 0 Å². The number of nitrogens with zero attached hydrogens (tertiary/aromatic N) is 1. The van der Waals surface area contributed by atoms with Gasteiger partial charge >= 0.3 is 0 Å². The van der Waals surface area contributed by atoms with Gasteiger partial charge in [0.25, 0.3) is 0 Å². The molecule has 2 heteroatoms. The summed E-state index contributed by atoms with van der Waals surface area (Å²) < 4.78 is 0. The minimum Gasteiger partial charge on any atom is -0.383 e. The van der Waals surface area contributed by atoms with E-state index in [1.165, 1.54) is 22.3 Å². The minimum absolute atomic E-state index is 0.502. The summed E-state index contributed by atoms with van der Waals surface area (Å²) in [7, 11) is 0. The van der Waals surface area contributed by atoms with Crippen LogP contribution in [-0.4, -0.2) is 5.84 Å². The van der Waals surface area contributed by atoms with Crippen molar-refractivity contribution in [2.24, 2.45) is 10.7 Å². The highest BCUT2D eigenvalue weighted by molar-refractivity contribution is 6.00. The Morgan fingerprint density at radius 3 is 1.76 bits per heavy atom. The average Bonchev–Trinajstić information content (AvgIpc) is 2.96. The number of allylic oxidation sites excluding steroid dienone is 1. The maximum atomic E-state index is 6.53. The summed E-state index contributed by atoms with van der Waals surface area (Å²) in [6, 6.07) is 46.2. The summed E-state index contributed by atoms with van der Waals surface area (Å²) in [6.45, 7) is 2.11. The van der Waals surface area contributed by atoms with Crippen molar-refractivity contribution in [2.75, 3.05) is 0 Å². The molecule has 0 amide bonds. The lowest BCUT2D eigenvalue weighted by molar-refractivity contribution is 1.26. The van der Waals surface area contributed by atoms with Gasteiger partial charge in [0.1, 0.15) is 5.84 Å². The van der Waals surface area contributed by atoms with Gasteiger partial charge in [-0.3, -0.25) is 0 Å². The van der Waals surface area contributed by atoms with E-state index in [1.54, 1.807) is 0 Å². The number of hydrogen-bond donors (Lipinski definition) is 1. The first-order chi connectivity index (χ1) is 18.2. The highest BCUT2D eigenvalue weighted by Gasteiger charge is 2.10. The molecule has 0 unspecified atom stereocenters. The molecule has 0 heterocycles. The van der Waals surface area contributed by atoms with Gasteiger partial charge in [-0.25, -0.2) is 4.99 Å². The van der Waals surface area contributed by atoms with Gasteiger partial charge < -0.3 is 5.73 Å². The average molecular weight is 479 g/mol. The van der Waals surface area contributed by atoms with Gasteiger partial charge in [0, 0.05) is 11.1 Å². The summed E-state index contributed by atoms with van der Waals surface area (Å²) in [5.41, 5.74) is 16.4. The Morgan fingerprint density at radius 1 is 0.595 bits per heavy atom. The first-order valence-electron chi connectivity index (χ1n) is 12.6. The quantitative estimate of drug-likeness (QED) is 0.185. The molecule has 2 N–H and O–H groups in total. The Hall–Kier alpha value is -4.69. The fourth-order valence-electron chi connectivity index (χ4n) is 4.35. The van der Waals surface area contributed by atoms with Crippen LogP contribution in [0.2, 0.25) is 0 Å². The van der Waals surface area contributed by atoms with Gasteiger partial charge in [-0.1, -0.05) is 127 Å². The van der Waals surface area contributed by atoms with E-state index in [2.05, 4.69) is 104 Å². The van der Waals surface area contributed by atoms with Gasteiger partial charge in [-0.2, -0.15) is 0 Å². The lowest BCUT2D eigenvalue weighted by atomic mass is 9.94. The smallest absolute Gasteiger partial charge is 0.131 e. The highest BCUT2D eigenvalue weighted by atomic mass is 14.9. The second-order valence-corrected chi connectivity index (χ2v) is 9.17. The topological polar surface area (TPSA) is 38.4 Å². The molecule has 0 saturated carbocycles. The van der Waals surface area contributed by atoms with Crippen LogP contribution in [0, 0.1) is 6.92 Å². The van der Waals surface area contributed by atoms with Crippen molar-refractivity contribution in [1.29, 1.82) is 0 Å². The number of aliphatic imine (C=N–C) groups is 1. The third-order valence-corrected chi connectivity index (χ3v) is 6.41. The second-order valence-electron chi connectivity index (χ2n) is 9.17. The van der Waals surface area contributed by atoms with E-state index in [9.17, 15) is 0 Å². The molecule has 0 fully saturated rings. The zero-order valence-corrected chi connectivity index (χ0v) is 21.0. The monoisotopic (exact) mass is 478 g/mol. The Kier molecular flexibility index (Phi) is 7.38. The molecule has 180 valence electrons. The van der Waals surface area contributed by atoms with E-state index >= 15 is 0 Å². The van der Waals surface area contributed by atoms with Gasteiger partial charge in [0.15, 0.2) is 0 Å². The highest BCUT2D eigenvalue weighted by Crippen LogP contribution is 2.32. The van der Waals surface area contributed by atoms with Crippen LogP contribution in [0.5, 0.6) is 0 Å². The molecule has 0 aliphatic heterocycles. The minimum atomic E-state index is 0.502. The Morgan fingerprint density at radius 2 is 1.14 bits per heavy atom. The van der Waals surface area contributed by atoms with Crippen molar-refractivity contribution >= 4 is 11.5 Å². The summed E-state index contributed by atoms with van der Waals surface area (Å²) >= 11 is 0. The van der Waals surface area contributed by atoms with E-state index in [4.69, 9.17) is 10.7 Å². The summed E-state index contributed by atoms with van der Waals surface area (Å²) in [5.74, 6) is 0.502. The van der Waals surface area contributed by atoms with Crippen LogP contribution >= 0.6 is 0 Å². The van der Waals surface area contributed by atoms with Gasteiger partial charge in [-0.05, 0) is 59.4 Å². The van der Waals surface area contributed by atoms with Crippen LogP contribution in [0.4, 0.5) is 0 Å². The van der Waals surface area contributed by atoms with Crippen molar-refractivity contribution in [3.8, 4) is 22.3 Å². The molecule has 37 heavy (non-hydrogen) atoms. The molecule has 0 aliphatic rings. The lowest BCUT2D eigenvalue weighted by Gasteiger charge is -2.13. The van der Waals surface area contributed by atoms with Gasteiger partial charge in [-0.15, -0.1) is 0 Å². The standard InChI is InChI=1S/C35H30N2/c1-26-17-20-29(21-18-26)32-23-31(28-13-7-3-8-14-28)24-33(25-32)34(22-19-27-11-5-2-6-12-27)37-35(36)30-15-9-4-10-16-30/h2-18,20-25H,19H2,1H3,(H2,36,37)/b34-22-. The fraction of sp³-hybridized carbons (Fsp3) is 0.0571. The molecule has 5 aromatic rings. The summed E-state index contributed by atoms with van der Waals surface area (Å²) in [4.78, 5) is 4.97. The molecule has 2 nitrogen and oxygen atoms in total. The van der Waals surface area contributed by atoms with Crippen LogP contribution in [0.1, 0.15) is 22.3 Å². The number of amidine groups is 1. The van der Waals surface area contributed by atoms with E-state index in [1.807, 2.05) is 42.5 Å². The number of benzene rings is 5. The zero-order valence-electron chi connectivity index (χ0n) is 21.0. The molecule has 0 radical (unpaired) electrons. The molecule has 0 aromatic heterocycles. The first-order valence-corrected chi connectivity index (χ1v) is 12.6. The normalized spacial score (nSPS) is 11.9. The second kappa shape index (κ2) is 11.4. The SMILES string of the molecule is Cc1ccc(-c2cc(/C(=C/Cc3ccccc3)N=C(N)c3ccccc3)cc(-c3ccccc3)c2)cc1. The molecule has 0 spiro atoms. The Labute approximate surface area is 219 Å². The molecular weight excluding hydrogens is 448 g/mol. The van der Waals surface area contributed by atoms with E-state index in [0.29, 0.717) is 5.84 Å². The van der Waals surface area contributed by atoms with Crippen LogP contribution in [-0.2, 0) is 6.42 Å². The molecule has 0 aliphatic carbocycles. The molecule has 5 aromatic carbocycles. The zero-order chi connectivity index (χ0) is 25.5. The largest absolute Gasteiger partial charge is 0.383 e. The van der Waals surface area contributed by atoms with E-state index in [0.717, 1.165) is 34.4 Å². The maximum Gasteiger partial charge on any atom is 0.131 e. The number of hydrogen-bond acceptors (Lipinski definition) is 1. The predicted octanol–water partition coefficient (Wildman–Crippen LogP) is 8.32. The van der Waals surface area contributed by atoms with Crippen molar-refractivity contribution in [1.82, 2.24) is 0 Å². The van der Waals surface area contributed by atoms with Crippen LogP contribution in [0.3, 0.4) is 0 Å². The molecular formula is C35H30N2. The van der Waals surface area contributed by atoms with E-state index in [-0.39, 0.29) is 0 Å². The predicted molar refractivity (Wildman–Crippen MR) is 157 cm³/mol. The lowest BCUT2D eigenvalue weighted by Crippen LogP contribution is -2.13. The molecule has 0 saturated heterocycles. The number of rotatable bonds is 7. The van der Waals surface area contributed by atoms with Crippen molar-refractivity contribution in [3.05, 3.63) is 162 Å². The molecule has 0 atom stereocenters. The third kappa shape index (κ3) is 6.12. The molecule has 0 bridgehead atoms. The maximum absolute atomic E-state index is 6.53. The third-order valence-electron chi connectivity index (χ3n) is 6.41. The summed E-state index contributed by atoms with van der Waals surface area (Å²) in [6.07, 6.45) is 2.94. The Bertz CT molecular complexity index is 1520. The number of aryl methyl sites for hydroxylation is 1. The van der Waals surface area contributed by atoms with Crippen molar-refractivity contribution in [2.45, 2.75) is 13.3 Å². The number of nitrogens with two attached hydrogens (primary N) is 1. The molecule has 5 rings (SSSR count). The van der Waals surface area contributed by atoms with Gasteiger partial charge in [0.05, 0.1) is 5.70 Å². The van der Waals surface area contributed by atoms with Crippen molar-refractivity contribution < 1.29 is 0 Å². The Balaban J connectivity index is 1.66. The van der Waals surface area contributed by atoms with Gasteiger partial charge in [0.2, 0.25) is 0 Å². The van der Waals surface area contributed by atoms with Crippen LogP contribution in [0.25, 0.3) is 28.0 Å². The van der Waals surface area contributed by atoms with E-state index < -0.39 is 0 Å². The summed E-state index contributed by atoms with van der Waals surface area (Å²) in [5, 5.41) is 0. The fourth-order valence-corrected chi connectivity index (χ4v) is 4.35. The first kappa shape index (κ1) is 24.0. The van der Waals surface area contributed by atoms with Crippen LogP contribution < -0.4 is 5.73 Å². The van der Waals surface area contributed by atoms with Crippen LogP contribution in [0.15, 0.2) is 145 Å².